The fourth-order valence-corrected chi connectivity index (χ4v) is 1.93. The molecule has 0 aliphatic rings. The van der Waals surface area contributed by atoms with Crippen molar-refractivity contribution in [3.63, 3.8) is 0 Å². The largest absolute Gasteiger partial charge is 0.482 e. The molecule has 0 bridgehead atoms. The number of carbonyl (C=O) groups excluding carboxylic acids is 1. The summed E-state index contributed by atoms with van der Waals surface area (Å²) in [7, 11) is 0. The molecule has 0 aliphatic heterocycles. The van der Waals surface area contributed by atoms with Crippen molar-refractivity contribution < 1.29 is 14.6 Å². The normalized spacial score (nSPS) is 12.1. The Hall–Kier alpha value is -0.680. The third kappa shape index (κ3) is 5.45. The number of rotatable bonds is 6. The molecule has 2 N–H and O–H groups in total. The Kier molecular flexibility index (Phi) is 6.72. The van der Waals surface area contributed by atoms with Gasteiger partial charge in [0.1, 0.15) is 5.75 Å². The number of aliphatic hydroxyl groups is 1. The number of carbonyl (C=O) groups is 1. The molecule has 0 saturated heterocycles. The second kappa shape index (κ2) is 7.80. The molecule has 1 aromatic carbocycles. The summed E-state index contributed by atoms with van der Waals surface area (Å²) in [6, 6.07) is 2.79. The maximum Gasteiger partial charge on any atom is 0.258 e. The molecule has 106 valence electrons. The zero-order valence-corrected chi connectivity index (χ0v) is 12.5. The molecule has 1 rings (SSSR count). The molecule has 0 aliphatic carbocycles. The summed E-state index contributed by atoms with van der Waals surface area (Å²) in [5.41, 5.74) is 0. The zero-order chi connectivity index (χ0) is 14.4. The summed E-state index contributed by atoms with van der Waals surface area (Å²) in [5, 5.41) is 12.3. The van der Waals surface area contributed by atoms with Crippen LogP contribution in [0.15, 0.2) is 12.1 Å². The number of benzene rings is 1. The van der Waals surface area contributed by atoms with E-state index in [0.717, 1.165) is 0 Å². The van der Waals surface area contributed by atoms with E-state index in [4.69, 9.17) is 44.6 Å². The first-order valence-corrected chi connectivity index (χ1v) is 6.75. The minimum absolute atomic E-state index is 0.0148. The van der Waals surface area contributed by atoms with Gasteiger partial charge in [-0.05, 0) is 19.4 Å². The van der Waals surface area contributed by atoms with E-state index in [2.05, 4.69) is 5.32 Å². The Bertz CT molecular complexity index is 454. The van der Waals surface area contributed by atoms with Crippen molar-refractivity contribution >= 4 is 40.7 Å². The predicted octanol–water partition coefficient (Wildman–Crippen LogP) is 2.91. The van der Waals surface area contributed by atoms with Crippen molar-refractivity contribution in [3.8, 4) is 5.75 Å². The van der Waals surface area contributed by atoms with Crippen molar-refractivity contribution in [2.24, 2.45) is 0 Å². The van der Waals surface area contributed by atoms with Gasteiger partial charge in [0, 0.05) is 18.7 Å². The summed E-state index contributed by atoms with van der Waals surface area (Å²) in [5.74, 6) is -0.0101. The van der Waals surface area contributed by atoms with Crippen LogP contribution in [0.25, 0.3) is 0 Å². The lowest BCUT2D eigenvalue weighted by Gasteiger charge is -2.13. The maximum absolute atomic E-state index is 11.5. The quantitative estimate of drug-likeness (QED) is 0.790. The second-order valence-electron chi connectivity index (χ2n) is 3.97. The van der Waals surface area contributed by atoms with Crippen LogP contribution >= 0.6 is 34.8 Å². The van der Waals surface area contributed by atoms with E-state index in [0.29, 0.717) is 22.2 Å². The highest BCUT2D eigenvalue weighted by Gasteiger charge is 2.11. The average Bonchev–Trinajstić information content (AvgIpc) is 2.32. The second-order valence-corrected chi connectivity index (χ2v) is 5.19. The summed E-state index contributed by atoms with van der Waals surface area (Å²) in [6.45, 7) is 1.62. The molecule has 0 heterocycles. The highest BCUT2D eigenvalue weighted by atomic mass is 35.5. The van der Waals surface area contributed by atoms with Crippen LogP contribution in [-0.4, -0.2) is 30.3 Å². The number of amides is 1. The Balaban J connectivity index is 2.53. The highest BCUT2D eigenvalue weighted by molar-refractivity contribution is 6.43. The maximum atomic E-state index is 11.5. The molecule has 0 spiro atoms. The molecule has 1 unspecified atom stereocenters. The Labute approximate surface area is 126 Å². The average molecular weight is 327 g/mol. The van der Waals surface area contributed by atoms with Gasteiger partial charge in [-0.1, -0.05) is 34.8 Å². The number of nitrogens with one attached hydrogen (secondary N) is 1. The van der Waals surface area contributed by atoms with Gasteiger partial charge in [-0.25, -0.2) is 0 Å². The minimum Gasteiger partial charge on any atom is -0.482 e. The van der Waals surface area contributed by atoms with Gasteiger partial charge >= 0.3 is 0 Å². The zero-order valence-electron chi connectivity index (χ0n) is 10.3. The first-order chi connectivity index (χ1) is 8.93. The molecular formula is C12H14Cl3NO3. The number of halogens is 3. The van der Waals surface area contributed by atoms with E-state index >= 15 is 0 Å². The number of hydrogen-bond acceptors (Lipinski definition) is 3. The molecule has 1 atom stereocenters. The number of aliphatic hydroxyl groups excluding tert-OH is 1. The summed E-state index contributed by atoms with van der Waals surface area (Å²) < 4.78 is 5.26. The monoisotopic (exact) mass is 325 g/mol. The molecule has 1 aromatic rings. The third-order valence-electron chi connectivity index (χ3n) is 2.30. The van der Waals surface area contributed by atoms with Crippen LogP contribution in [-0.2, 0) is 4.79 Å². The van der Waals surface area contributed by atoms with Crippen molar-refractivity contribution in [1.82, 2.24) is 5.32 Å². The lowest BCUT2D eigenvalue weighted by atomic mass is 10.2. The van der Waals surface area contributed by atoms with E-state index in [9.17, 15) is 4.79 Å². The van der Waals surface area contributed by atoms with Crippen LogP contribution < -0.4 is 10.1 Å². The molecule has 0 fully saturated rings. The van der Waals surface area contributed by atoms with Crippen LogP contribution in [0.1, 0.15) is 13.3 Å². The third-order valence-corrected chi connectivity index (χ3v) is 3.32. The summed E-state index contributed by atoms with van der Waals surface area (Å²) in [4.78, 5) is 11.5. The Morgan fingerprint density at radius 1 is 1.32 bits per heavy atom. The SMILES string of the molecule is CC(CCO)NC(=O)COc1cc(Cl)c(Cl)cc1Cl. The van der Waals surface area contributed by atoms with Crippen molar-refractivity contribution in [3.05, 3.63) is 27.2 Å². The molecule has 0 radical (unpaired) electrons. The van der Waals surface area contributed by atoms with Crippen LogP contribution in [0, 0.1) is 0 Å². The van der Waals surface area contributed by atoms with Crippen LogP contribution in [0.5, 0.6) is 5.75 Å². The fourth-order valence-electron chi connectivity index (χ4n) is 1.34. The van der Waals surface area contributed by atoms with E-state index in [-0.39, 0.29) is 30.2 Å². The topological polar surface area (TPSA) is 58.6 Å². The van der Waals surface area contributed by atoms with Gasteiger partial charge in [0.15, 0.2) is 6.61 Å². The first kappa shape index (κ1) is 16.4. The standard InChI is InChI=1S/C12H14Cl3NO3/c1-7(2-3-17)16-12(18)6-19-11-5-9(14)8(13)4-10(11)15/h4-5,7,17H,2-3,6H2,1H3,(H,16,18). The summed E-state index contributed by atoms with van der Waals surface area (Å²) in [6.07, 6.45) is 0.485. The fraction of sp³-hybridized carbons (Fsp3) is 0.417. The van der Waals surface area contributed by atoms with E-state index in [1.165, 1.54) is 12.1 Å². The van der Waals surface area contributed by atoms with E-state index < -0.39 is 0 Å². The first-order valence-electron chi connectivity index (χ1n) is 5.61. The lowest BCUT2D eigenvalue weighted by molar-refractivity contribution is -0.123. The van der Waals surface area contributed by atoms with Gasteiger partial charge in [0.25, 0.3) is 5.91 Å². The Morgan fingerprint density at radius 3 is 2.58 bits per heavy atom. The number of hydrogen-bond donors (Lipinski definition) is 2. The molecule has 7 heteroatoms. The van der Waals surface area contributed by atoms with Gasteiger partial charge in [0.05, 0.1) is 15.1 Å². The van der Waals surface area contributed by atoms with Crippen molar-refractivity contribution in [2.75, 3.05) is 13.2 Å². The molecule has 19 heavy (non-hydrogen) atoms. The van der Waals surface area contributed by atoms with Gasteiger partial charge in [-0.3, -0.25) is 4.79 Å². The van der Waals surface area contributed by atoms with Crippen LogP contribution in [0.4, 0.5) is 0 Å². The number of ether oxygens (including phenoxy) is 1. The molecule has 0 aromatic heterocycles. The smallest absolute Gasteiger partial charge is 0.258 e. The Morgan fingerprint density at radius 2 is 1.95 bits per heavy atom. The molecule has 0 saturated carbocycles. The summed E-state index contributed by atoms with van der Waals surface area (Å²) >= 11 is 17.5. The minimum atomic E-state index is -0.303. The highest BCUT2D eigenvalue weighted by Crippen LogP contribution is 2.33. The van der Waals surface area contributed by atoms with E-state index in [1.54, 1.807) is 6.92 Å². The molecule has 4 nitrogen and oxygen atoms in total. The predicted molar refractivity (Wildman–Crippen MR) is 76.3 cm³/mol. The van der Waals surface area contributed by atoms with Gasteiger partial charge < -0.3 is 15.2 Å². The lowest BCUT2D eigenvalue weighted by Crippen LogP contribution is -2.36. The van der Waals surface area contributed by atoms with Gasteiger partial charge in [-0.2, -0.15) is 0 Å². The van der Waals surface area contributed by atoms with Gasteiger partial charge in [0.2, 0.25) is 0 Å². The van der Waals surface area contributed by atoms with Crippen molar-refractivity contribution in [1.29, 1.82) is 0 Å². The van der Waals surface area contributed by atoms with Crippen LogP contribution in [0.3, 0.4) is 0 Å². The molecular weight excluding hydrogens is 312 g/mol. The van der Waals surface area contributed by atoms with Crippen molar-refractivity contribution in [2.45, 2.75) is 19.4 Å². The van der Waals surface area contributed by atoms with E-state index in [1.807, 2.05) is 0 Å². The van der Waals surface area contributed by atoms with Crippen LogP contribution in [0.2, 0.25) is 15.1 Å². The molecule has 1 amide bonds. The van der Waals surface area contributed by atoms with Gasteiger partial charge in [-0.15, -0.1) is 0 Å².